The van der Waals surface area contributed by atoms with Gasteiger partial charge in [0.25, 0.3) is 10.0 Å². The number of nitrogens with two attached hydrogens (primary N) is 1. The Labute approximate surface area is 122 Å². The van der Waals surface area contributed by atoms with Crippen LogP contribution in [-0.4, -0.2) is 13.4 Å². The average Bonchev–Trinajstić information content (AvgIpc) is 2.36. The largest absolute Gasteiger partial charge is 0.398 e. The van der Waals surface area contributed by atoms with Gasteiger partial charge in [0.05, 0.1) is 5.02 Å². The normalized spacial score (nSPS) is 11.3. The molecule has 0 spiro atoms. The number of sulfonamides is 1. The van der Waals surface area contributed by atoms with Gasteiger partial charge in [0, 0.05) is 11.9 Å². The van der Waals surface area contributed by atoms with Gasteiger partial charge in [-0.3, -0.25) is 4.72 Å². The van der Waals surface area contributed by atoms with Crippen LogP contribution in [0.5, 0.6) is 0 Å². The van der Waals surface area contributed by atoms with E-state index in [1.54, 1.807) is 26.0 Å². The first kappa shape index (κ1) is 14.6. The maximum atomic E-state index is 12.3. The summed E-state index contributed by atoms with van der Waals surface area (Å²) in [5, 5.41) is 0.123. The Kier molecular flexibility index (Phi) is 3.87. The summed E-state index contributed by atoms with van der Waals surface area (Å²) in [6, 6.07) is 6.36. The summed E-state index contributed by atoms with van der Waals surface area (Å²) in [4.78, 5) is 3.93. The molecule has 106 valence electrons. The molecule has 0 saturated heterocycles. The van der Waals surface area contributed by atoms with Gasteiger partial charge in [0.1, 0.15) is 10.7 Å². The molecule has 20 heavy (non-hydrogen) atoms. The maximum absolute atomic E-state index is 12.3. The first-order valence-corrected chi connectivity index (χ1v) is 7.67. The molecule has 0 fully saturated rings. The first-order valence-electron chi connectivity index (χ1n) is 5.81. The van der Waals surface area contributed by atoms with Crippen molar-refractivity contribution in [3.8, 4) is 0 Å². The van der Waals surface area contributed by atoms with Gasteiger partial charge in [-0.2, -0.15) is 0 Å². The number of halogens is 1. The number of benzene rings is 1. The minimum atomic E-state index is -3.83. The van der Waals surface area contributed by atoms with E-state index in [9.17, 15) is 8.42 Å². The summed E-state index contributed by atoms with van der Waals surface area (Å²) in [5.41, 5.74) is 7.55. The quantitative estimate of drug-likeness (QED) is 0.853. The number of anilines is 2. The van der Waals surface area contributed by atoms with Gasteiger partial charge < -0.3 is 5.73 Å². The molecule has 3 N–H and O–H groups in total. The molecular weight excluding hydrogens is 298 g/mol. The van der Waals surface area contributed by atoms with Crippen molar-refractivity contribution in [2.45, 2.75) is 18.7 Å². The highest BCUT2D eigenvalue weighted by Gasteiger charge is 2.20. The molecule has 5 nitrogen and oxygen atoms in total. The monoisotopic (exact) mass is 311 g/mol. The van der Waals surface area contributed by atoms with E-state index in [-0.39, 0.29) is 15.7 Å². The lowest BCUT2D eigenvalue weighted by atomic mass is 10.2. The average molecular weight is 312 g/mol. The van der Waals surface area contributed by atoms with Crippen LogP contribution in [0, 0.1) is 13.8 Å². The van der Waals surface area contributed by atoms with E-state index in [0.29, 0.717) is 11.3 Å². The number of nitrogens with zero attached hydrogens (tertiary/aromatic N) is 1. The zero-order valence-electron chi connectivity index (χ0n) is 11.0. The van der Waals surface area contributed by atoms with Crippen LogP contribution >= 0.6 is 11.6 Å². The Bertz CT molecular complexity index is 760. The Morgan fingerprint density at radius 2 is 1.95 bits per heavy atom. The molecule has 0 saturated carbocycles. The molecule has 1 aromatic carbocycles. The highest BCUT2D eigenvalue weighted by atomic mass is 35.5. The van der Waals surface area contributed by atoms with E-state index in [1.807, 2.05) is 0 Å². The smallest absolute Gasteiger partial charge is 0.264 e. The Morgan fingerprint density at radius 3 is 2.60 bits per heavy atom. The highest BCUT2D eigenvalue weighted by Crippen LogP contribution is 2.28. The number of aromatic nitrogens is 1. The van der Waals surface area contributed by atoms with Gasteiger partial charge in [-0.1, -0.05) is 17.7 Å². The molecule has 2 rings (SSSR count). The van der Waals surface area contributed by atoms with Crippen molar-refractivity contribution in [2.75, 3.05) is 10.5 Å². The molecule has 0 amide bonds. The number of aryl methyl sites for hydroxylation is 2. The maximum Gasteiger partial charge on any atom is 0.264 e. The zero-order chi connectivity index (χ0) is 14.9. The second-order valence-corrected chi connectivity index (χ2v) is 6.47. The molecule has 0 bridgehead atoms. The molecule has 1 heterocycles. The lowest BCUT2D eigenvalue weighted by molar-refractivity contribution is 0.601. The van der Waals surface area contributed by atoms with Crippen LogP contribution in [-0.2, 0) is 10.0 Å². The van der Waals surface area contributed by atoms with Gasteiger partial charge in [0.2, 0.25) is 0 Å². The van der Waals surface area contributed by atoms with Gasteiger partial charge >= 0.3 is 0 Å². The van der Waals surface area contributed by atoms with Crippen LogP contribution in [0.1, 0.15) is 11.1 Å². The van der Waals surface area contributed by atoms with E-state index < -0.39 is 10.0 Å². The molecule has 0 aliphatic rings. The SMILES string of the molecule is Cc1cc(Cl)c(S(=O)(=O)Nc2ncccc2C)cc1N. The van der Waals surface area contributed by atoms with Crippen molar-refractivity contribution >= 4 is 33.1 Å². The Morgan fingerprint density at radius 1 is 1.25 bits per heavy atom. The van der Waals surface area contributed by atoms with Gasteiger partial charge in [-0.25, -0.2) is 13.4 Å². The molecule has 0 radical (unpaired) electrons. The first-order chi connectivity index (χ1) is 9.31. The van der Waals surface area contributed by atoms with Gasteiger partial charge in [-0.15, -0.1) is 0 Å². The fourth-order valence-electron chi connectivity index (χ4n) is 1.65. The van der Waals surface area contributed by atoms with E-state index in [0.717, 1.165) is 5.56 Å². The molecular formula is C13H14ClN3O2S. The number of pyridine rings is 1. The topological polar surface area (TPSA) is 85.1 Å². The summed E-state index contributed by atoms with van der Waals surface area (Å²) in [5.74, 6) is 0.266. The third-order valence-corrected chi connectivity index (χ3v) is 4.65. The predicted octanol–water partition coefficient (Wildman–Crippen LogP) is 2.73. The van der Waals surface area contributed by atoms with Crippen LogP contribution in [0.3, 0.4) is 0 Å². The molecule has 0 unspecified atom stereocenters. The van der Waals surface area contributed by atoms with Crippen LogP contribution in [0.2, 0.25) is 5.02 Å². The van der Waals surface area contributed by atoms with Crippen molar-refractivity contribution in [3.63, 3.8) is 0 Å². The molecule has 0 aliphatic heterocycles. The number of nitrogens with one attached hydrogen (secondary N) is 1. The van der Waals surface area contributed by atoms with E-state index in [1.165, 1.54) is 18.3 Å². The van der Waals surface area contributed by atoms with Crippen LogP contribution < -0.4 is 10.5 Å². The highest BCUT2D eigenvalue weighted by molar-refractivity contribution is 7.92. The summed E-state index contributed by atoms with van der Waals surface area (Å²) in [6.07, 6.45) is 1.51. The summed E-state index contributed by atoms with van der Waals surface area (Å²) in [6.45, 7) is 3.52. The van der Waals surface area contributed by atoms with Crippen molar-refractivity contribution in [1.29, 1.82) is 0 Å². The standard InChI is InChI=1S/C13H14ClN3O2S/c1-8-4-3-5-16-13(8)17-20(18,19)12-7-11(15)9(2)6-10(12)14/h3-7H,15H2,1-2H3,(H,16,17). The summed E-state index contributed by atoms with van der Waals surface area (Å²) < 4.78 is 27.1. The van der Waals surface area contributed by atoms with Crippen LogP contribution in [0.4, 0.5) is 11.5 Å². The summed E-state index contributed by atoms with van der Waals surface area (Å²) in [7, 11) is -3.83. The van der Waals surface area contributed by atoms with Crippen molar-refractivity contribution < 1.29 is 8.42 Å². The van der Waals surface area contributed by atoms with Gasteiger partial charge in [0.15, 0.2) is 0 Å². The number of hydrogen-bond acceptors (Lipinski definition) is 4. The second-order valence-electron chi connectivity index (χ2n) is 4.41. The number of rotatable bonds is 3. The third-order valence-electron chi connectivity index (χ3n) is 2.85. The predicted molar refractivity (Wildman–Crippen MR) is 80.4 cm³/mol. The Balaban J connectivity index is 2.47. The van der Waals surface area contributed by atoms with Crippen LogP contribution in [0.25, 0.3) is 0 Å². The number of hydrogen-bond donors (Lipinski definition) is 2. The van der Waals surface area contributed by atoms with Crippen molar-refractivity contribution in [2.24, 2.45) is 0 Å². The fourth-order valence-corrected chi connectivity index (χ4v) is 3.35. The molecule has 2 aromatic rings. The summed E-state index contributed by atoms with van der Waals surface area (Å²) >= 11 is 6.00. The van der Waals surface area contributed by atoms with Crippen molar-refractivity contribution in [1.82, 2.24) is 4.98 Å². The fraction of sp³-hybridized carbons (Fsp3) is 0.154. The van der Waals surface area contributed by atoms with E-state index >= 15 is 0 Å². The lowest BCUT2D eigenvalue weighted by Gasteiger charge is -2.12. The Hall–Kier alpha value is -1.79. The minimum absolute atomic E-state index is 0.0627. The molecule has 7 heteroatoms. The molecule has 0 atom stereocenters. The molecule has 0 aliphatic carbocycles. The zero-order valence-corrected chi connectivity index (χ0v) is 12.6. The minimum Gasteiger partial charge on any atom is -0.398 e. The van der Waals surface area contributed by atoms with E-state index in [2.05, 4.69) is 9.71 Å². The van der Waals surface area contributed by atoms with Gasteiger partial charge in [-0.05, 0) is 43.2 Å². The number of nitrogen functional groups attached to an aromatic ring is 1. The second kappa shape index (κ2) is 5.30. The third kappa shape index (κ3) is 2.86. The van der Waals surface area contributed by atoms with E-state index in [4.69, 9.17) is 17.3 Å². The van der Waals surface area contributed by atoms with Crippen LogP contribution in [0.15, 0.2) is 35.4 Å². The molecule has 1 aromatic heterocycles. The lowest BCUT2D eigenvalue weighted by Crippen LogP contribution is -2.15. The van der Waals surface area contributed by atoms with Crippen molar-refractivity contribution in [3.05, 3.63) is 46.6 Å².